The van der Waals surface area contributed by atoms with Crippen LogP contribution in [0, 0.1) is 6.92 Å². The summed E-state index contributed by atoms with van der Waals surface area (Å²) in [5.74, 6) is 0.179. The Kier molecular flexibility index (Phi) is 4.96. The maximum absolute atomic E-state index is 12.1. The van der Waals surface area contributed by atoms with E-state index in [1.165, 1.54) is 11.3 Å². The number of hydrogen-bond acceptors (Lipinski definition) is 2. The Morgan fingerprint density at radius 1 is 1.10 bits per heavy atom. The van der Waals surface area contributed by atoms with Crippen molar-refractivity contribution in [1.29, 1.82) is 0 Å². The van der Waals surface area contributed by atoms with Gasteiger partial charge in [0.05, 0.1) is 0 Å². The zero-order valence-electron chi connectivity index (χ0n) is 11.8. The molecule has 104 valence electrons. The van der Waals surface area contributed by atoms with E-state index >= 15 is 0 Å². The van der Waals surface area contributed by atoms with Crippen molar-refractivity contribution in [1.82, 2.24) is 0 Å². The lowest BCUT2D eigenvalue weighted by Gasteiger charge is -2.20. The fourth-order valence-electron chi connectivity index (χ4n) is 2.16. The van der Waals surface area contributed by atoms with Gasteiger partial charge in [-0.1, -0.05) is 46.3 Å². The summed E-state index contributed by atoms with van der Waals surface area (Å²) in [6.45, 7) is 2.81. The highest BCUT2D eigenvalue weighted by atomic mass is 79.9. The molecule has 2 rings (SSSR count). The second-order valence-corrected chi connectivity index (χ2v) is 5.80. The molecule has 0 N–H and O–H groups in total. The molecule has 3 heteroatoms. The van der Waals surface area contributed by atoms with Crippen molar-refractivity contribution >= 4 is 27.4 Å². The molecule has 0 amide bonds. The van der Waals surface area contributed by atoms with Gasteiger partial charge in [-0.2, -0.15) is 0 Å². The van der Waals surface area contributed by atoms with Crippen molar-refractivity contribution in [2.24, 2.45) is 0 Å². The van der Waals surface area contributed by atoms with Crippen LogP contribution in [0.5, 0.6) is 0 Å². The van der Waals surface area contributed by atoms with E-state index < -0.39 is 0 Å². The number of carbonyl (C=O) groups is 1. The number of carbonyl (C=O) groups excluding carboxylic acids is 1. The fourth-order valence-corrected chi connectivity index (χ4v) is 2.43. The first kappa shape index (κ1) is 14.8. The molecular weight excluding hydrogens is 314 g/mol. The van der Waals surface area contributed by atoms with Crippen molar-refractivity contribution in [3.63, 3.8) is 0 Å². The number of Topliss-reactive ketones (excluding diaryl/α,β-unsaturated/α-hetero) is 1. The van der Waals surface area contributed by atoms with Gasteiger partial charge in [0.1, 0.15) is 0 Å². The SMILES string of the molecule is Cc1ccccc1N(C)CCC(=O)c1ccc(Br)cc1. The Morgan fingerprint density at radius 3 is 2.40 bits per heavy atom. The van der Waals surface area contributed by atoms with Crippen LogP contribution in [-0.4, -0.2) is 19.4 Å². The summed E-state index contributed by atoms with van der Waals surface area (Å²) in [5.41, 5.74) is 3.17. The Labute approximate surface area is 128 Å². The van der Waals surface area contributed by atoms with Crippen LogP contribution in [0.25, 0.3) is 0 Å². The van der Waals surface area contributed by atoms with Crippen LogP contribution in [0.15, 0.2) is 53.0 Å². The fraction of sp³-hybridized carbons (Fsp3) is 0.235. The second-order valence-electron chi connectivity index (χ2n) is 4.89. The van der Waals surface area contributed by atoms with Gasteiger partial charge in [-0.25, -0.2) is 0 Å². The highest BCUT2D eigenvalue weighted by Gasteiger charge is 2.09. The minimum atomic E-state index is 0.179. The lowest BCUT2D eigenvalue weighted by molar-refractivity contribution is 0.0985. The molecule has 2 nitrogen and oxygen atoms in total. The third-order valence-corrected chi connectivity index (χ3v) is 3.90. The Morgan fingerprint density at radius 2 is 1.75 bits per heavy atom. The average Bonchev–Trinajstić information content (AvgIpc) is 2.45. The predicted molar refractivity (Wildman–Crippen MR) is 87.5 cm³/mol. The minimum Gasteiger partial charge on any atom is -0.374 e. The largest absolute Gasteiger partial charge is 0.374 e. The molecule has 0 bridgehead atoms. The Bertz CT molecular complexity index is 592. The van der Waals surface area contributed by atoms with Gasteiger partial charge in [0.15, 0.2) is 5.78 Å². The number of benzene rings is 2. The van der Waals surface area contributed by atoms with Gasteiger partial charge in [0.25, 0.3) is 0 Å². The third-order valence-electron chi connectivity index (χ3n) is 3.37. The van der Waals surface area contributed by atoms with Gasteiger partial charge in [-0.05, 0) is 30.7 Å². The second kappa shape index (κ2) is 6.71. The molecule has 0 saturated carbocycles. The van der Waals surface area contributed by atoms with Crippen LogP contribution < -0.4 is 4.90 Å². The Hall–Kier alpha value is -1.61. The molecule has 0 aliphatic heterocycles. The molecule has 2 aromatic rings. The first-order valence-corrected chi connectivity index (χ1v) is 7.43. The van der Waals surface area contributed by atoms with E-state index in [0.29, 0.717) is 6.42 Å². The molecule has 0 aliphatic rings. The zero-order valence-corrected chi connectivity index (χ0v) is 13.4. The molecule has 0 unspecified atom stereocenters. The maximum atomic E-state index is 12.1. The highest BCUT2D eigenvalue weighted by molar-refractivity contribution is 9.10. The molecule has 0 saturated heterocycles. The monoisotopic (exact) mass is 331 g/mol. The lowest BCUT2D eigenvalue weighted by atomic mass is 10.1. The first-order valence-electron chi connectivity index (χ1n) is 6.63. The van der Waals surface area contributed by atoms with Gasteiger partial charge < -0.3 is 4.90 Å². The summed E-state index contributed by atoms with van der Waals surface area (Å²) < 4.78 is 0.992. The van der Waals surface area contributed by atoms with Crippen LogP contribution in [0.4, 0.5) is 5.69 Å². The molecule has 0 atom stereocenters. The number of nitrogens with zero attached hydrogens (tertiary/aromatic N) is 1. The number of hydrogen-bond donors (Lipinski definition) is 0. The molecule has 0 heterocycles. The molecule has 0 spiro atoms. The number of para-hydroxylation sites is 1. The van der Waals surface area contributed by atoms with Gasteiger partial charge >= 0.3 is 0 Å². The van der Waals surface area contributed by atoms with E-state index in [1.807, 2.05) is 43.4 Å². The molecule has 2 aromatic carbocycles. The predicted octanol–water partition coefficient (Wildman–Crippen LogP) is 4.47. The van der Waals surface area contributed by atoms with Gasteiger partial charge in [0.2, 0.25) is 0 Å². The molecule has 0 radical (unpaired) electrons. The summed E-state index contributed by atoms with van der Waals surface area (Å²) in [7, 11) is 2.02. The first-order chi connectivity index (χ1) is 9.58. The number of aryl methyl sites for hydroxylation is 1. The van der Waals surface area contributed by atoms with Crippen molar-refractivity contribution in [2.75, 3.05) is 18.5 Å². The van der Waals surface area contributed by atoms with E-state index in [1.54, 1.807) is 0 Å². The molecular formula is C17H18BrNO. The van der Waals surface area contributed by atoms with Gasteiger partial charge in [0, 0.05) is 35.7 Å². The summed E-state index contributed by atoms with van der Waals surface area (Å²) in [5, 5.41) is 0. The van der Waals surface area contributed by atoms with Crippen molar-refractivity contribution < 1.29 is 4.79 Å². The van der Waals surface area contributed by atoms with Crippen molar-refractivity contribution in [3.05, 3.63) is 64.1 Å². The van der Waals surface area contributed by atoms with Crippen molar-refractivity contribution in [2.45, 2.75) is 13.3 Å². The zero-order chi connectivity index (χ0) is 14.5. The maximum Gasteiger partial charge on any atom is 0.164 e. The number of rotatable bonds is 5. The summed E-state index contributed by atoms with van der Waals surface area (Å²) >= 11 is 3.38. The summed E-state index contributed by atoms with van der Waals surface area (Å²) in [6.07, 6.45) is 0.520. The van der Waals surface area contributed by atoms with E-state index in [2.05, 4.69) is 39.9 Å². The van der Waals surface area contributed by atoms with E-state index in [4.69, 9.17) is 0 Å². The quantitative estimate of drug-likeness (QED) is 0.753. The number of ketones is 1. The van der Waals surface area contributed by atoms with Gasteiger partial charge in [-0.3, -0.25) is 4.79 Å². The number of halogens is 1. The molecule has 0 aliphatic carbocycles. The minimum absolute atomic E-state index is 0.179. The van der Waals surface area contributed by atoms with Crippen LogP contribution in [0.2, 0.25) is 0 Å². The van der Waals surface area contributed by atoms with E-state index in [9.17, 15) is 4.79 Å². The normalized spacial score (nSPS) is 10.3. The topological polar surface area (TPSA) is 20.3 Å². The van der Waals surface area contributed by atoms with Crippen LogP contribution in [-0.2, 0) is 0 Å². The average molecular weight is 332 g/mol. The lowest BCUT2D eigenvalue weighted by Crippen LogP contribution is -2.21. The highest BCUT2D eigenvalue weighted by Crippen LogP contribution is 2.18. The standard InChI is InChI=1S/C17H18BrNO/c1-13-5-3-4-6-16(13)19(2)12-11-17(20)14-7-9-15(18)10-8-14/h3-10H,11-12H2,1-2H3. The number of anilines is 1. The van der Waals surface area contributed by atoms with Crippen molar-refractivity contribution in [3.8, 4) is 0 Å². The molecule has 20 heavy (non-hydrogen) atoms. The van der Waals surface area contributed by atoms with E-state index in [-0.39, 0.29) is 5.78 Å². The van der Waals surface area contributed by atoms with E-state index in [0.717, 1.165) is 16.6 Å². The molecule has 0 aromatic heterocycles. The molecule has 0 fully saturated rings. The van der Waals surface area contributed by atoms with Crippen LogP contribution in [0.3, 0.4) is 0 Å². The van der Waals surface area contributed by atoms with Crippen LogP contribution in [0.1, 0.15) is 22.3 Å². The summed E-state index contributed by atoms with van der Waals surface area (Å²) in [4.78, 5) is 14.3. The Balaban J connectivity index is 1.97. The third kappa shape index (κ3) is 3.70. The van der Waals surface area contributed by atoms with Crippen LogP contribution >= 0.6 is 15.9 Å². The van der Waals surface area contributed by atoms with Gasteiger partial charge in [-0.15, -0.1) is 0 Å². The summed E-state index contributed by atoms with van der Waals surface area (Å²) in [6, 6.07) is 15.7. The smallest absolute Gasteiger partial charge is 0.164 e.